The van der Waals surface area contributed by atoms with Crippen LogP contribution in [0.4, 0.5) is 5.69 Å². The van der Waals surface area contributed by atoms with Crippen LogP contribution in [-0.4, -0.2) is 22.5 Å². The highest BCUT2D eigenvalue weighted by Crippen LogP contribution is 2.27. The first-order chi connectivity index (χ1) is 8.91. The molecule has 1 aromatic carbocycles. The van der Waals surface area contributed by atoms with Crippen LogP contribution in [0.25, 0.3) is 0 Å². The number of nitrogens with zero attached hydrogens (tertiary/aromatic N) is 1. The largest absolute Gasteiger partial charge is 0.481 e. The van der Waals surface area contributed by atoms with Crippen molar-refractivity contribution in [2.45, 2.75) is 32.7 Å². The molecule has 0 spiro atoms. The molecule has 1 aromatic rings. The average Bonchev–Trinajstić information content (AvgIpc) is 2.33. The number of nitrogens with one attached hydrogen (secondary N) is 1. The fraction of sp³-hybridized carbons (Fsp3) is 0.462. The van der Waals surface area contributed by atoms with Crippen molar-refractivity contribution in [2.75, 3.05) is 6.54 Å². The lowest BCUT2D eigenvalue weighted by atomic mass is 9.99. The number of nitro groups is 1. The predicted octanol–water partition coefficient (Wildman–Crippen LogP) is 2.28. The molecule has 0 radical (unpaired) electrons. The van der Waals surface area contributed by atoms with Gasteiger partial charge in [0, 0.05) is 24.7 Å². The summed E-state index contributed by atoms with van der Waals surface area (Å²) in [6.07, 6.45) is 0.0339. The van der Waals surface area contributed by atoms with Crippen LogP contribution in [0, 0.1) is 10.1 Å². The van der Waals surface area contributed by atoms with Crippen molar-refractivity contribution in [3.05, 3.63) is 39.4 Å². The monoisotopic (exact) mass is 266 g/mol. The van der Waals surface area contributed by atoms with Gasteiger partial charge in [-0.15, -0.1) is 0 Å². The Bertz CT molecular complexity index is 472. The molecular weight excluding hydrogens is 248 g/mol. The third kappa shape index (κ3) is 4.67. The van der Waals surface area contributed by atoms with Gasteiger partial charge in [-0.2, -0.15) is 0 Å². The van der Waals surface area contributed by atoms with Gasteiger partial charge in [0.25, 0.3) is 5.69 Å². The summed E-state index contributed by atoms with van der Waals surface area (Å²) in [5.41, 5.74) is 1.60. The molecule has 0 fully saturated rings. The second-order valence-corrected chi connectivity index (χ2v) is 4.63. The van der Waals surface area contributed by atoms with Gasteiger partial charge in [0.15, 0.2) is 0 Å². The predicted molar refractivity (Wildman–Crippen MR) is 71.1 cm³/mol. The van der Waals surface area contributed by atoms with Gasteiger partial charge in [-0.25, -0.2) is 0 Å². The lowest BCUT2D eigenvalue weighted by Crippen LogP contribution is -2.17. The number of hydrogen-bond donors (Lipinski definition) is 2. The topological polar surface area (TPSA) is 92.5 Å². The molecule has 0 aliphatic rings. The van der Waals surface area contributed by atoms with Crippen molar-refractivity contribution in [3.63, 3.8) is 0 Å². The Balaban J connectivity index is 2.73. The molecule has 0 amide bonds. The van der Waals surface area contributed by atoms with E-state index in [1.54, 1.807) is 12.1 Å². The summed E-state index contributed by atoms with van der Waals surface area (Å²) in [6.45, 7) is 4.59. The maximum atomic E-state index is 11.0. The van der Waals surface area contributed by atoms with Crippen LogP contribution in [0.15, 0.2) is 18.2 Å². The third-order valence-electron chi connectivity index (χ3n) is 2.76. The number of carboxylic acid groups (broad SMARTS) is 1. The van der Waals surface area contributed by atoms with E-state index in [0.29, 0.717) is 18.7 Å². The van der Waals surface area contributed by atoms with E-state index in [1.807, 2.05) is 19.9 Å². The van der Waals surface area contributed by atoms with E-state index in [4.69, 9.17) is 5.11 Å². The van der Waals surface area contributed by atoms with Gasteiger partial charge in [-0.1, -0.05) is 26.0 Å². The summed E-state index contributed by atoms with van der Waals surface area (Å²) in [5, 5.41) is 22.4. The third-order valence-corrected chi connectivity index (χ3v) is 2.76. The molecule has 0 aliphatic carbocycles. The second-order valence-electron chi connectivity index (χ2n) is 4.63. The SMILES string of the molecule is CC(C)c1ccc(CNCCC(=O)O)cc1[N+](=O)[O-]. The molecule has 0 saturated carbocycles. The Kier molecular flexibility index (Phi) is 5.44. The Hall–Kier alpha value is -1.95. The second kappa shape index (κ2) is 6.84. The zero-order valence-electron chi connectivity index (χ0n) is 11.0. The van der Waals surface area contributed by atoms with Gasteiger partial charge in [-0.05, 0) is 11.5 Å². The smallest absolute Gasteiger partial charge is 0.304 e. The molecule has 1 rings (SSSR count). The minimum atomic E-state index is -0.867. The lowest BCUT2D eigenvalue weighted by molar-refractivity contribution is -0.385. The van der Waals surface area contributed by atoms with Gasteiger partial charge in [0.1, 0.15) is 0 Å². The molecule has 0 aliphatic heterocycles. The van der Waals surface area contributed by atoms with Gasteiger partial charge in [-0.3, -0.25) is 14.9 Å². The molecule has 0 aromatic heterocycles. The molecule has 0 heterocycles. The van der Waals surface area contributed by atoms with Crippen LogP contribution in [0.1, 0.15) is 37.3 Å². The van der Waals surface area contributed by atoms with Crippen LogP contribution >= 0.6 is 0 Å². The summed E-state index contributed by atoms with van der Waals surface area (Å²) in [5.74, 6) is -0.775. The van der Waals surface area contributed by atoms with Crippen molar-refractivity contribution in [2.24, 2.45) is 0 Å². The quantitative estimate of drug-likeness (QED) is 0.448. The van der Waals surface area contributed by atoms with Gasteiger partial charge < -0.3 is 10.4 Å². The number of carboxylic acids is 1. The molecule has 104 valence electrons. The van der Waals surface area contributed by atoms with Gasteiger partial charge >= 0.3 is 5.97 Å². The summed E-state index contributed by atoms with van der Waals surface area (Å²) in [6, 6.07) is 5.14. The van der Waals surface area contributed by atoms with E-state index in [1.165, 1.54) is 0 Å². The fourth-order valence-electron chi connectivity index (χ4n) is 1.77. The van der Waals surface area contributed by atoms with E-state index in [2.05, 4.69) is 5.32 Å². The Morgan fingerprint density at radius 2 is 2.16 bits per heavy atom. The van der Waals surface area contributed by atoms with Crippen molar-refractivity contribution in [3.8, 4) is 0 Å². The van der Waals surface area contributed by atoms with E-state index < -0.39 is 5.97 Å². The van der Waals surface area contributed by atoms with Crippen molar-refractivity contribution < 1.29 is 14.8 Å². The standard InChI is InChI=1S/C13H18N2O4/c1-9(2)11-4-3-10(7-12(11)15(18)19)8-14-6-5-13(16)17/h3-4,7,9,14H,5-6,8H2,1-2H3,(H,16,17). The van der Waals surface area contributed by atoms with Crippen LogP contribution in [-0.2, 0) is 11.3 Å². The summed E-state index contributed by atoms with van der Waals surface area (Å²) >= 11 is 0. The van der Waals surface area contributed by atoms with Crippen LogP contribution in [0.2, 0.25) is 0 Å². The van der Waals surface area contributed by atoms with Gasteiger partial charge in [0.2, 0.25) is 0 Å². The van der Waals surface area contributed by atoms with Crippen LogP contribution in [0.5, 0.6) is 0 Å². The molecule has 19 heavy (non-hydrogen) atoms. The summed E-state index contributed by atoms with van der Waals surface area (Å²) in [4.78, 5) is 21.0. The Morgan fingerprint density at radius 3 is 2.68 bits per heavy atom. The number of hydrogen-bond acceptors (Lipinski definition) is 4. The number of benzene rings is 1. The van der Waals surface area contributed by atoms with Crippen molar-refractivity contribution >= 4 is 11.7 Å². The first-order valence-corrected chi connectivity index (χ1v) is 6.11. The Morgan fingerprint density at radius 1 is 1.47 bits per heavy atom. The highest BCUT2D eigenvalue weighted by molar-refractivity contribution is 5.66. The molecule has 0 bridgehead atoms. The van der Waals surface area contributed by atoms with E-state index >= 15 is 0 Å². The number of aliphatic carboxylic acids is 1. The molecule has 2 N–H and O–H groups in total. The first kappa shape index (κ1) is 15.1. The minimum Gasteiger partial charge on any atom is -0.481 e. The average molecular weight is 266 g/mol. The van der Waals surface area contributed by atoms with Gasteiger partial charge in [0.05, 0.1) is 11.3 Å². The highest BCUT2D eigenvalue weighted by atomic mass is 16.6. The highest BCUT2D eigenvalue weighted by Gasteiger charge is 2.16. The van der Waals surface area contributed by atoms with Crippen molar-refractivity contribution in [1.82, 2.24) is 5.32 Å². The zero-order chi connectivity index (χ0) is 14.4. The number of carbonyl (C=O) groups is 1. The maximum Gasteiger partial charge on any atom is 0.304 e. The number of nitro benzene ring substituents is 1. The number of rotatable bonds is 7. The Labute approximate surface area is 111 Å². The molecule has 0 atom stereocenters. The molecule has 0 saturated heterocycles. The van der Waals surface area contributed by atoms with Crippen LogP contribution < -0.4 is 5.32 Å². The summed E-state index contributed by atoms with van der Waals surface area (Å²) in [7, 11) is 0. The molecular formula is C13H18N2O4. The first-order valence-electron chi connectivity index (χ1n) is 6.11. The zero-order valence-corrected chi connectivity index (χ0v) is 11.0. The van der Waals surface area contributed by atoms with E-state index in [9.17, 15) is 14.9 Å². The maximum absolute atomic E-state index is 11.0. The van der Waals surface area contributed by atoms with Crippen LogP contribution in [0.3, 0.4) is 0 Å². The van der Waals surface area contributed by atoms with Crippen molar-refractivity contribution in [1.29, 1.82) is 0 Å². The van der Waals surface area contributed by atoms with E-state index in [0.717, 1.165) is 5.56 Å². The lowest BCUT2D eigenvalue weighted by Gasteiger charge is -2.09. The van der Waals surface area contributed by atoms with E-state index in [-0.39, 0.29) is 22.9 Å². The fourth-order valence-corrected chi connectivity index (χ4v) is 1.77. The molecule has 6 heteroatoms. The molecule has 6 nitrogen and oxygen atoms in total. The molecule has 0 unspecified atom stereocenters. The minimum absolute atomic E-state index is 0.0339. The summed E-state index contributed by atoms with van der Waals surface area (Å²) < 4.78 is 0. The normalized spacial score (nSPS) is 10.7.